The molecular weight excluding hydrogens is 290 g/mol. The molecule has 0 fully saturated rings. The molecule has 0 saturated heterocycles. The molecule has 0 amide bonds. The van der Waals surface area contributed by atoms with Crippen LogP contribution >= 0.6 is 11.8 Å². The Hall–Kier alpha value is -2.02. The zero-order chi connectivity index (χ0) is 15.4. The molecule has 0 bridgehead atoms. The van der Waals surface area contributed by atoms with Crippen molar-refractivity contribution in [2.75, 3.05) is 0 Å². The van der Waals surface area contributed by atoms with Gasteiger partial charge in [-0.3, -0.25) is 0 Å². The summed E-state index contributed by atoms with van der Waals surface area (Å²) in [4.78, 5) is 10.7. The highest BCUT2D eigenvalue weighted by Crippen LogP contribution is 2.21. The fraction of sp³-hybridized carbons (Fsp3) is 0.357. The number of aryl methyl sites for hydroxylation is 1. The van der Waals surface area contributed by atoms with Crippen molar-refractivity contribution in [2.45, 2.75) is 30.9 Å². The molecule has 1 atom stereocenters. The van der Waals surface area contributed by atoms with Crippen LogP contribution in [-0.4, -0.2) is 26.0 Å². The molecular formula is C14H16N3O3S-. The van der Waals surface area contributed by atoms with Gasteiger partial charge in [0.2, 0.25) is 0 Å². The van der Waals surface area contributed by atoms with Gasteiger partial charge in [0.25, 0.3) is 0 Å². The molecule has 1 aromatic carbocycles. The van der Waals surface area contributed by atoms with Crippen molar-refractivity contribution in [3.8, 4) is 5.75 Å². The fourth-order valence-electron chi connectivity index (χ4n) is 1.56. The summed E-state index contributed by atoms with van der Waals surface area (Å²) in [6.45, 7) is 3.83. The van der Waals surface area contributed by atoms with Gasteiger partial charge in [0.15, 0.2) is 11.0 Å². The summed E-state index contributed by atoms with van der Waals surface area (Å²) >= 11 is 1.09. The molecule has 0 aliphatic rings. The molecule has 7 heteroatoms. The van der Waals surface area contributed by atoms with Crippen LogP contribution in [0.1, 0.15) is 18.3 Å². The number of carboxylic acids is 1. The van der Waals surface area contributed by atoms with Crippen LogP contribution in [-0.2, 0) is 18.4 Å². The monoisotopic (exact) mass is 306 g/mol. The molecule has 0 saturated carbocycles. The fourth-order valence-corrected chi connectivity index (χ4v) is 2.33. The predicted molar refractivity (Wildman–Crippen MR) is 76.8 cm³/mol. The Morgan fingerprint density at radius 1 is 1.38 bits per heavy atom. The Morgan fingerprint density at radius 3 is 2.67 bits per heavy atom. The van der Waals surface area contributed by atoms with E-state index >= 15 is 0 Å². The normalized spacial score (nSPS) is 12.1. The summed E-state index contributed by atoms with van der Waals surface area (Å²) in [6.07, 6.45) is 0. The van der Waals surface area contributed by atoms with Crippen molar-refractivity contribution in [1.82, 2.24) is 14.8 Å². The molecule has 1 aromatic heterocycles. The van der Waals surface area contributed by atoms with Gasteiger partial charge < -0.3 is 19.2 Å². The van der Waals surface area contributed by atoms with Gasteiger partial charge >= 0.3 is 0 Å². The Labute approximate surface area is 127 Å². The van der Waals surface area contributed by atoms with E-state index in [9.17, 15) is 9.90 Å². The maximum Gasteiger partial charge on any atom is 0.191 e. The molecule has 0 radical (unpaired) electrons. The van der Waals surface area contributed by atoms with E-state index in [2.05, 4.69) is 10.2 Å². The van der Waals surface area contributed by atoms with Gasteiger partial charge in [0, 0.05) is 12.3 Å². The van der Waals surface area contributed by atoms with E-state index in [4.69, 9.17) is 4.74 Å². The third-order valence-corrected chi connectivity index (χ3v) is 4.04. The second kappa shape index (κ2) is 6.62. The van der Waals surface area contributed by atoms with Crippen molar-refractivity contribution >= 4 is 17.7 Å². The van der Waals surface area contributed by atoms with Crippen LogP contribution in [0.2, 0.25) is 0 Å². The van der Waals surface area contributed by atoms with Crippen LogP contribution in [0, 0.1) is 6.92 Å². The van der Waals surface area contributed by atoms with Gasteiger partial charge in [-0.1, -0.05) is 29.5 Å². The van der Waals surface area contributed by atoms with E-state index in [1.807, 2.05) is 31.2 Å². The first kappa shape index (κ1) is 15.4. The number of hydrogen-bond donors (Lipinski definition) is 0. The van der Waals surface area contributed by atoms with Crippen molar-refractivity contribution < 1.29 is 14.6 Å². The molecule has 2 rings (SSSR count). The smallest absolute Gasteiger partial charge is 0.191 e. The lowest BCUT2D eigenvalue weighted by atomic mass is 10.2. The Bertz CT molecular complexity index is 625. The minimum atomic E-state index is -1.12. The van der Waals surface area contributed by atoms with Crippen molar-refractivity contribution in [2.24, 2.45) is 7.05 Å². The zero-order valence-electron chi connectivity index (χ0n) is 12.1. The number of thioether (sulfide) groups is 1. The predicted octanol–water partition coefficient (Wildman–Crippen LogP) is 0.933. The molecule has 1 heterocycles. The van der Waals surface area contributed by atoms with Gasteiger partial charge in [-0.05, 0) is 26.0 Å². The summed E-state index contributed by atoms with van der Waals surface area (Å²) in [7, 11) is 1.78. The minimum Gasteiger partial charge on any atom is -0.549 e. The molecule has 6 nitrogen and oxygen atoms in total. The molecule has 0 unspecified atom stereocenters. The quantitative estimate of drug-likeness (QED) is 0.739. The largest absolute Gasteiger partial charge is 0.549 e. The van der Waals surface area contributed by atoms with Crippen molar-refractivity contribution in [3.63, 3.8) is 0 Å². The molecule has 0 aliphatic heterocycles. The highest BCUT2D eigenvalue weighted by atomic mass is 32.2. The van der Waals surface area contributed by atoms with Crippen LogP contribution in [0.3, 0.4) is 0 Å². The number of carboxylic acid groups (broad SMARTS) is 1. The lowest BCUT2D eigenvalue weighted by Crippen LogP contribution is -2.31. The first-order valence-corrected chi connectivity index (χ1v) is 7.30. The molecule has 112 valence electrons. The molecule has 2 aromatic rings. The molecule has 0 aliphatic carbocycles. The summed E-state index contributed by atoms with van der Waals surface area (Å²) < 4.78 is 7.35. The van der Waals surface area contributed by atoms with Crippen LogP contribution in [0.25, 0.3) is 0 Å². The van der Waals surface area contributed by atoms with Crippen LogP contribution in [0.15, 0.2) is 29.4 Å². The van der Waals surface area contributed by atoms with E-state index in [1.54, 1.807) is 18.5 Å². The Balaban J connectivity index is 2.00. The Morgan fingerprint density at radius 2 is 2.05 bits per heavy atom. The maximum absolute atomic E-state index is 10.7. The van der Waals surface area contributed by atoms with Crippen molar-refractivity contribution in [1.29, 1.82) is 0 Å². The second-order valence-corrected chi connectivity index (χ2v) is 5.95. The van der Waals surface area contributed by atoms with Crippen LogP contribution in [0.5, 0.6) is 5.75 Å². The number of carbonyl (C=O) groups is 1. The van der Waals surface area contributed by atoms with Crippen LogP contribution < -0.4 is 9.84 Å². The minimum absolute atomic E-state index is 0.271. The van der Waals surface area contributed by atoms with Gasteiger partial charge in [-0.2, -0.15) is 0 Å². The number of aliphatic carboxylic acids is 1. The summed E-state index contributed by atoms with van der Waals surface area (Å²) in [5.74, 6) is 0.255. The second-order valence-electron chi connectivity index (χ2n) is 4.64. The number of carbonyl (C=O) groups excluding carboxylic acids is 1. The lowest BCUT2D eigenvalue weighted by molar-refractivity contribution is -0.304. The van der Waals surface area contributed by atoms with E-state index in [0.717, 1.165) is 23.1 Å². The highest BCUT2D eigenvalue weighted by Gasteiger charge is 2.14. The van der Waals surface area contributed by atoms with Gasteiger partial charge in [-0.15, -0.1) is 10.2 Å². The standard InChI is InChI=1S/C14H17N3O3S/c1-9-4-6-11(7-5-9)20-8-12-15-16-14(17(12)3)21-10(2)13(18)19/h4-7,10H,8H2,1-3H3,(H,18,19)/p-1/t10-/m0/s1. The first-order valence-electron chi connectivity index (χ1n) is 6.42. The third kappa shape index (κ3) is 3.98. The average Bonchev–Trinajstić information content (AvgIpc) is 2.79. The molecule has 0 N–H and O–H groups in total. The lowest BCUT2D eigenvalue weighted by Gasteiger charge is -2.11. The van der Waals surface area contributed by atoms with Crippen LogP contribution in [0.4, 0.5) is 0 Å². The molecule has 0 spiro atoms. The molecule has 21 heavy (non-hydrogen) atoms. The van der Waals surface area contributed by atoms with E-state index < -0.39 is 11.2 Å². The highest BCUT2D eigenvalue weighted by molar-refractivity contribution is 8.00. The first-order chi connectivity index (χ1) is 9.97. The maximum atomic E-state index is 10.7. The number of aromatic nitrogens is 3. The van der Waals surface area contributed by atoms with Crippen molar-refractivity contribution in [3.05, 3.63) is 35.7 Å². The number of benzene rings is 1. The number of nitrogens with zero attached hydrogens (tertiary/aromatic N) is 3. The summed E-state index contributed by atoms with van der Waals surface area (Å²) in [5.41, 5.74) is 1.16. The van der Waals surface area contributed by atoms with E-state index in [-0.39, 0.29) is 6.61 Å². The number of hydrogen-bond acceptors (Lipinski definition) is 6. The Kier molecular flexibility index (Phi) is 4.85. The van der Waals surface area contributed by atoms with E-state index in [1.165, 1.54) is 0 Å². The summed E-state index contributed by atoms with van der Waals surface area (Å²) in [6, 6.07) is 7.71. The zero-order valence-corrected chi connectivity index (χ0v) is 12.9. The number of ether oxygens (including phenoxy) is 1. The van der Waals surface area contributed by atoms with Gasteiger partial charge in [0.1, 0.15) is 12.4 Å². The third-order valence-electron chi connectivity index (χ3n) is 2.93. The SMILES string of the molecule is Cc1ccc(OCc2nnc(S[C@@H](C)C(=O)[O-])n2C)cc1. The van der Waals surface area contributed by atoms with E-state index in [0.29, 0.717) is 11.0 Å². The van der Waals surface area contributed by atoms with Gasteiger partial charge in [-0.25, -0.2) is 0 Å². The van der Waals surface area contributed by atoms with Gasteiger partial charge in [0.05, 0.1) is 5.97 Å². The summed E-state index contributed by atoms with van der Waals surface area (Å²) in [5, 5.41) is 18.6. The number of rotatable bonds is 6. The topological polar surface area (TPSA) is 80.1 Å². The average molecular weight is 306 g/mol.